The highest BCUT2D eigenvalue weighted by atomic mass is 32.2. The summed E-state index contributed by atoms with van der Waals surface area (Å²) in [7, 11) is 0. The van der Waals surface area contributed by atoms with Gasteiger partial charge in [0.1, 0.15) is 0 Å². The molecule has 1 amide bonds. The topological polar surface area (TPSA) is 41.1 Å². The lowest BCUT2D eigenvalue weighted by molar-refractivity contribution is -0.120. The van der Waals surface area contributed by atoms with E-state index in [0.717, 1.165) is 18.7 Å². The maximum absolute atomic E-state index is 11.3. The van der Waals surface area contributed by atoms with E-state index < -0.39 is 0 Å². The van der Waals surface area contributed by atoms with Gasteiger partial charge in [0.2, 0.25) is 5.91 Å². The third kappa shape index (κ3) is 6.90. The smallest absolute Gasteiger partial charge is 0.234 e. The van der Waals surface area contributed by atoms with Crippen molar-refractivity contribution in [2.24, 2.45) is 0 Å². The van der Waals surface area contributed by atoms with Crippen LogP contribution in [0, 0.1) is 0 Å². The van der Waals surface area contributed by atoms with Gasteiger partial charge in [-0.2, -0.15) is 11.8 Å². The first-order valence-electron chi connectivity index (χ1n) is 4.73. The summed E-state index contributed by atoms with van der Waals surface area (Å²) < 4.78 is 0. The Balaban J connectivity index is 3.60. The molecular formula is C9H20N2OS. The third-order valence-corrected chi connectivity index (χ3v) is 2.50. The van der Waals surface area contributed by atoms with Crippen molar-refractivity contribution < 1.29 is 4.79 Å². The molecule has 13 heavy (non-hydrogen) atoms. The molecule has 0 fully saturated rings. The Labute approximate surface area is 85.0 Å². The second kappa shape index (κ2) is 8.38. The molecule has 0 heterocycles. The van der Waals surface area contributed by atoms with E-state index >= 15 is 0 Å². The van der Waals surface area contributed by atoms with Gasteiger partial charge in [0.05, 0.1) is 6.54 Å². The number of amides is 1. The van der Waals surface area contributed by atoms with E-state index in [1.165, 1.54) is 0 Å². The summed E-state index contributed by atoms with van der Waals surface area (Å²) in [6.07, 6.45) is 3.05. The number of nitrogens with one attached hydrogen (secondary N) is 2. The van der Waals surface area contributed by atoms with Crippen LogP contribution in [-0.4, -0.2) is 37.0 Å². The van der Waals surface area contributed by atoms with E-state index in [-0.39, 0.29) is 5.91 Å². The lowest BCUT2D eigenvalue weighted by Crippen LogP contribution is -2.41. The monoisotopic (exact) mass is 204 g/mol. The molecule has 0 saturated carbocycles. The molecule has 2 N–H and O–H groups in total. The van der Waals surface area contributed by atoms with Crippen molar-refractivity contribution in [2.45, 2.75) is 26.3 Å². The zero-order chi connectivity index (χ0) is 10.1. The summed E-state index contributed by atoms with van der Waals surface area (Å²) in [5.74, 6) is 1.09. The van der Waals surface area contributed by atoms with E-state index in [9.17, 15) is 4.79 Å². The Morgan fingerprint density at radius 2 is 2.15 bits per heavy atom. The fraction of sp³-hybridized carbons (Fsp3) is 0.889. The van der Waals surface area contributed by atoms with Crippen LogP contribution in [0.4, 0.5) is 0 Å². The standard InChI is InChI=1S/C9H20N2OS/c1-4-8(7-13-3)11-9(12)6-10-5-2/h8,10H,4-7H2,1-3H3,(H,11,12). The highest BCUT2D eigenvalue weighted by molar-refractivity contribution is 7.98. The minimum absolute atomic E-state index is 0.0998. The Hall–Kier alpha value is -0.220. The molecule has 0 aliphatic heterocycles. The molecule has 0 aromatic carbocycles. The first kappa shape index (κ1) is 12.8. The minimum atomic E-state index is 0.0998. The highest BCUT2D eigenvalue weighted by Gasteiger charge is 2.08. The Kier molecular flexibility index (Phi) is 8.24. The molecule has 3 nitrogen and oxygen atoms in total. The van der Waals surface area contributed by atoms with Crippen molar-refractivity contribution in [2.75, 3.05) is 25.1 Å². The fourth-order valence-corrected chi connectivity index (χ4v) is 1.70. The second-order valence-electron chi connectivity index (χ2n) is 2.91. The number of rotatable bonds is 7. The molecule has 4 heteroatoms. The molecular weight excluding hydrogens is 184 g/mol. The summed E-state index contributed by atoms with van der Waals surface area (Å²) in [5.41, 5.74) is 0. The van der Waals surface area contributed by atoms with Crippen molar-refractivity contribution in [3.63, 3.8) is 0 Å². The summed E-state index contributed by atoms with van der Waals surface area (Å²) >= 11 is 1.77. The normalized spacial score (nSPS) is 12.5. The average Bonchev–Trinajstić information content (AvgIpc) is 2.14. The van der Waals surface area contributed by atoms with Gasteiger partial charge >= 0.3 is 0 Å². The molecule has 0 spiro atoms. The summed E-state index contributed by atoms with van der Waals surface area (Å²) in [5, 5.41) is 5.98. The maximum Gasteiger partial charge on any atom is 0.234 e. The zero-order valence-corrected chi connectivity index (χ0v) is 9.54. The Morgan fingerprint density at radius 3 is 2.62 bits per heavy atom. The van der Waals surface area contributed by atoms with Crippen LogP contribution < -0.4 is 10.6 Å². The molecule has 0 bridgehead atoms. The van der Waals surface area contributed by atoms with Crippen LogP contribution in [-0.2, 0) is 4.79 Å². The number of carbonyl (C=O) groups excluding carboxylic acids is 1. The van der Waals surface area contributed by atoms with E-state index in [1.54, 1.807) is 11.8 Å². The van der Waals surface area contributed by atoms with Gasteiger partial charge in [-0.15, -0.1) is 0 Å². The molecule has 1 atom stereocenters. The molecule has 0 saturated heterocycles. The molecule has 78 valence electrons. The Morgan fingerprint density at radius 1 is 1.46 bits per heavy atom. The average molecular weight is 204 g/mol. The molecule has 0 radical (unpaired) electrons. The zero-order valence-electron chi connectivity index (χ0n) is 8.72. The lowest BCUT2D eigenvalue weighted by atomic mass is 10.2. The predicted molar refractivity (Wildman–Crippen MR) is 59.1 cm³/mol. The first-order valence-corrected chi connectivity index (χ1v) is 6.12. The van der Waals surface area contributed by atoms with E-state index in [1.807, 2.05) is 6.92 Å². The van der Waals surface area contributed by atoms with Gasteiger partial charge in [-0.1, -0.05) is 13.8 Å². The van der Waals surface area contributed by atoms with Crippen LogP contribution >= 0.6 is 11.8 Å². The predicted octanol–water partition coefficient (Wildman–Crippen LogP) is 0.854. The molecule has 0 aliphatic rings. The second-order valence-corrected chi connectivity index (χ2v) is 3.82. The van der Waals surface area contributed by atoms with Gasteiger partial charge in [-0.25, -0.2) is 0 Å². The SMILES string of the molecule is CCNCC(=O)NC(CC)CSC. The summed E-state index contributed by atoms with van der Waals surface area (Å²) in [6.45, 7) is 5.36. The van der Waals surface area contributed by atoms with Crippen molar-refractivity contribution in [1.82, 2.24) is 10.6 Å². The molecule has 0 rings (SSSR count). The molecule has 0 aromatic rings. The largest absolute Gasteiger partial charge is 0.351 e. The highest BCUT2D eigenvalue weighted by Crippen LogP contribution is 2.00. The number of hydrogen-bond donors (Lipinski definition) is 2. The van der Waals surface area contributed by atoms with E-state index in [4.69, 9.17) is 0 Å². The van der Waals surface area contributed by atoms with Gasteiger partial charge in [-0.3, -0.25) is 4.79 Å². The molecule has 1 unspecified atom stereocenters. The Bertz CT molecular complexity index is 142. The quantitative estimate of drug-likeness (QED) is 0.646. The van der Waals surface area contributed by atoms with Gasteiger partial charge in [0.15, 0.2) is 0 Å². The lowest BCUT2D eigenvalue weighted by Gasteiger charge is -2.15. The maximum atomic E-state index is 11.3. The van der Waals surface area contributed by atoms with Crippen LogP contribution in [0.25, 0.3) is 0 Å². The van der Waals surface area contributed by atoms with Gasteiger partial charge in [0, 0.05) is 11.8 Å². The van der Waals surface area contributed by atoms with E-state index in [0.29, 0.717) is 12.6 Å². The van der Waals surface area contributed by atoms with Gasteiger partial charge < -0.3 is 10.6 Å². The van der Waals surface area contributed by atoms with Crippen LogP contribution in [0.2, 0.25) is 0 Å². The first-order chi connectivity index (χ1) is 6.24. The van der Waals surface area contributed by atoms with Crippen molar-refractivity contribution in [1.29, 1.82) is 0 Å². The molecule has 0 aliphatic carbocycles. The van der Waals surface area contributed by atoms with E-state index in [2.05, 4.69) is 23.8 Å². The summed E-state index contributed by atoms with van der Waals surface area (Å²) in [4.78, 5) is 11.3. The van der Waals surface area contributed by atoms with Crippen LogP contribution in [0.15, 0.2) is 0 Å². The number of likely N-dealkylation sites (N-methyl/N-ethyl adjacent to an activating group) is 1. The molecule has 0 aromatic heterocycles. The van der Waals surface area contributed by atoms with Gasteiger partial charge in [-0.05, 0) is 19.2 Å². The van der Waals surface area contributed by atoms with Gasteiger partial charge in [0.25, 0.3) is 0 Å². The minimum Gasteiger partial charge on any atom is -0.351 e. The van der Waals surface area contributed by atoms with Crippen molar-refractivity contribution in [3.05, 3.63) is 0 Å². The van der Waals surface area contributed by atoms with Crippen LogP contribution in [0.3, 0.4) is 0 Å². The number of hydrogen-bond acceptors (Lipinski definition) is 3. The van der Waals surface area contributed by atoms with Crippen molar-refractivity contribution >= 4 is 17.7 Å². The van der Waals surface area contributed by atoms with Crippen molar-refractivity contribution in [3.8, 4) is 0 Å². The van der Waals surface area contributed by atoms with Crippen LogP contribution in [0.5, 0.6) is 0 Å². The third-order valence-electron chi connectivity index (χ3n) is 1.76. The fourth-order valence-electron chi connectivity index (χ4n) is 0.980. The van der Waals surface area contributed by atoms with Crippen LogP contribution in [0.1, 0.15) is 20.3 Å². The summed E-state index contributed by atoms with van der Waals surface area (Å²) in [6, 6.07) is 0.321. The number of thioether (sulfide) groups is 1. The number of carbonyl (C=O) groups is 1.